The molecule has 0 aromatic heterocycles. The van der Waals surface area contributed by atoms with Crippen molar-refractivity contribution < 1.29 is 19.1 Å². The molecule has 3 N–H and O–H groups in total. The molecule has 1 atom stereocenters. The fourth-order valence-corrected chi connectivity index (χ4v) is 3.47. The highest BCUT2D eigenvalue weighted by molar-refractivity contribution is 6.05. The first-order chi connectivity index (χ1) is 12.6. The summed E-state index contributed by atoms with van der Waals surface area (Å²) in [6, 6.07) is 4.82. The van der Waals surface area contributed by atoms with E-state index in [0.717, 1.165) is 31.2 Å². The third kappa shape index (κ3) is 3.88. The summed E-state index contributed by atoms with van der Waals surface area (Å²) in [5.74, 6) is -0.161. The van der Waals surface area contributed by atoms with Gasteiger partial charge in [0.25, 0.3) is 5.91 Å². The van der Waals surface area contributed by atoms with Gasteiger partial charge in [-0.05, 0) is 37.9 Å². The number of unbranched alkanes of at least 4 members (excludes halogenated alkanes) is 3. The fraction of sp³-hybridized carbons (Fsp3) is 0.526. The van der Waals surface area contributed by atoms with Crippen molar-refractivity contribution in [3.8, 4) is 5.75 Å². The van der Waals surface area contributed by atoms with E-state index in [2.05, 4.69) is 5.32 Å². The Balaban J connectivity index is 1.64. The van der Waals surface area contributed by atoms with Crippen molar-refractivity contribution in [2.75, 3.05) is 13.2 Å². The average molecular weight is 359 g/mol. The Labute approximate surface area is 152 Å². The lowest BCUT2D eigenvalue weighted by Crippen LogP contribution is -2.52. The van der Waals surface area contributed by atoms with Crippen molar-refractivity contribution in [1.82, 2.24) is 10.2 Å². The smallest absolute Gasteiger partial charge is 0.255 e. The summed E-state index contributed by atoms with van der Waals surface area (Å²) in [6.45, 7) is 1.64. The average Bonchev–Trinajstić information content (AvgIpc) is 2.96. The Morgan fingerprint density at radius 1 is 1.15 bits per heavy atom. The van der Waals surface area contributed by atoms with Gasteiger partial charge >= 0.3 is 0 Å². The summed E-state index contributed by atoms with van der Waals surface area (Å²) in [4.78, 5) is 37.7. The highest BCUT2D eigenvalue weighted by Crippen LogP contribution is 2.33. The third-order valence-electron chi connectivity index (χ3n) is 4.90. The zero-order chi connectivity index (χ0) is 18.5. The van der Waals surface area contributed by atoms with Crippen LogP contribution in [0.25, 0.3) is 0 Å². The minimum absolute atomic E-state index is 0.178. The van der Waals surface area contributed by atoms with Gasteiger partial charge in [0.05, 0.1) is 13.2 Å². The van der Waals surface area contributed by atoms with Gasteiger partial charge in [0.15, 0.2) is 0 Å². The second-order valence-electron chi connectivity index (χ2n) is 6.73. The highest BCUT2D eigenvalue weighted by Gasteiger charge is 2.40. The molecule has 7 nitrogen and oxygen atoms in total. The maximum absolute atomic E-state index is 12.7. The van der Waals surface area contributed by atoms with Crippen molar-refractivity contribution in [1.29, 1.82) is 0 Å². The van der Waals surface area contributed by atoms with Crippen LogP contribution in [0.3, 0.4) is 0 Å². The monoisotopic (exact) mass is 359 g/mol. The van der Waals surface area contributed by atoms with Crippen LogP contribution in [0.1, 0.15) is 54.4 Å². The number of imide groups is 1. The van der Waals surface area contributed by atoms with Gasteiger partial charge in [0.1, 0.15) is 11.8 Å². The van der Waals surface area contributed by atoms with E-state index >= 15 is 0 Å². The zero-order valence-corrected chi connectivity index (χ0v) is 14.8. The number of carbonyl (C=O) groups is 3. The Hall–Kier alpha value is -2.41. The van der Waals surface area contributed by atoms with Crippen LogP contribution in [0.4, 0.5) is 0 Å². The van der Waals surface area contributed by atoms with Gasteiger partial charge in [0.2, 0.25) is 11.8 Å². The second kappa shape index (κ2) is 8.31. The number of nitrogens with two attached hydrogens (primary N) is 1. The number of benzene rings is 1. The van der Waals surface area contributed by atoms with Crippen LogP contribution in [-0.2, 0) is 16.1 Å². The molecular weight excluding hydrogens is 334 g/mol. The largest absolute Gasteiger partial charge is 0.493 e. The predicted octanol–water partition coefficient (Wildman–Crippen LogP) is 1.35. The molecule has 3 amide bonds. The molecule has 2 aliphatic rings. The van der Waals surface area contributed by atoms with E-state index in [1.807, 2.05) is 6.07 Å². The molecule has 26 heavy (non-hydrogen) atoms. The van der Waals surface area contributed by atoms with Crippen LogP contribution in [0.15, 0.2) is 18.2 Å². The van der Waals surface area contributed by atoms with E-state index in [-0.39, 0.29) is 18.2 Å². The molecule has 0 saturated carbocycles. The van der Waals surface area contributed by atoms with E-state index in [9.17, 15) is 14.4 Å². The minimum atomic E-state index is -0.600. The van der Waals surface area contributed by atoms with E-state index in [4.69, 9.17) is 10.5 Å². The molecule has 0 radical (unpaired) electrons. The number of ether oxygens (including phenoxy) is 1. The number of carbonyl (C=O) groups excluding carboxylic acids is 3. The summed E-state index contributed by atoms with van der Waals surface area (Å²) in [5, 5.41) is 2.31. The molecule has 1 unspecified atom stereocenters. The van der Waals surface area contributed by atoms with Gasteiger partial charge in [-0.25, -0.2) is 0 Å². The molecular formula is C19H25N3O4. The van der Waals surface area contributed by atoms with Gasteiger partial charge in [-0.3, -0.25) is 19.7 Å². The number of hydrogen-bond acceptors (Lipinski definition) is 5. The van der Waals surface area contributed by atoms with Crippen LogP contribution in [-0.4, -0.2) is 41.8 Å². The van der Waals surface area contributed by atoms with E-state index in [1.54, 1.807) is 17.0 Å². The summed E-state index contributed by atoms with van der Waals surface area (Å²) in [7, 11) is 0. The number of rotatable bonds is 8. The molecule has 1 saturated heterocycles. The molecule has 2 aliphatic heterocycles. The Kier molecular flexibility index (Phi) is 5.88. The second-order valence-corrected chi connectivity index (χ2v) is 6.73. The first kappa shape index (κ1) is 18.4. The molecule has 7 heteroatoms. The summed E-state index contributed by atoms with van der Waals surface area (Å²) >= 11 is 0. The SMILES string of the molecule is NCCCCCCOc1cccc2c1CN(C1CCC(=O)NC1=O)C2=O. The Bertz CT molecular complexity index is 704. The van der Waals surface area contributed by atoms with E-state index < -0.39 is 11.9 Å². The van der Waals surface area contributed by atoms with Gasteiger partial charge < -0.3 is 15.4 Å². The lowest BCUT2D eigenvalue weighted by atomic mass is 10.0. The normalized spacial score (nSPS) is 19.5. The van der Waals surface area contributed by atoms with Crippen LogP contribution in [0.2, 0.25) is 0 Å². The fourth-order valence-electron chi connectivity index (χ4n) is 3.47. The molecule has 0 spiro atoms. The molecule has 140 valence electrons. The van der Waals surface area contributed by atoms with Crippen LogP contribution in [0.5, 0.6) is 5.75 Å². The van der Waals surface area contributed by atoms with Crippen LogP contribution < -0.4 is 15.8 Å². The maximum atomic E-state index is 12.7. The van der Waals surface area contributed by atoms with E-state index in [0.29, 0.717) is 37.4 Å². The van der Waals surface area contributed by atoms with Crippen molar-refractivity contribution in [2.24, 2.45) is 5.73 Å². The summed E-state index contributed by atoms with van der Waals surface area (Å²) < 4.78 is 5.89. The lowest BCUT2D eigenvalue weighted by molar-refractivity contribution is -0.136. The number of fused-ring (bicyclic) bond motifs is 1. The molecule has 1 aromatic rings. The van der Waals surface area contributed by atoms with Gasteiger partial charge in [-0.1, -0.05) is 18.9 Å². The molecule has 0 bridgehead atoms. The van der Waals surface area contributed by atoms with Crippen molar-refractivity contribution in [2.45, 2.75) is 51.1 Å². The van der Waals surface area contributed by atoms with Crippen molar-refractivity contribution in [3.63, 3.8) is 0 Å². The van der Waals surface area contributed by atoms with Gasteiger partial charge in [-0.2, -0.15) is 0 Å². The minimum Gasteiger partial charge on any atom is -0.493 e. The van der Waals surface area contributed by atoms with Crippen molar-refractivity contribution >= 4 is 17.7 Å². The van der Waals surface area contributed by atoms with Crippen LogP contribution >= 0.6 is 0 Å². The summed E-state index contributed by atoms with van der Waals surface area (Å²) in [6.07, 6.45) is 4.73. The standard InChI is InChI=1S/C19H25N3O4/c20-10-3-1-2-4-11-26-16-7-5-6-13-14(16)12-22(19(13)25)15-8-9-17(23)21-18(15)24/h5-7,15H,1-4,8-12,20H2,(H,21,23,24). The summed E-state index contributed by atoms with van der Waals surface area (Å²) in [5.41, 5.74) is 6.89. The zero-order valence-electron chi connectivity index (χ0n) is 14.8. The molecule has 3 rings (SSSR count). The Morgan fingerprint density at radius 3 is 2.73 bits per heavy atom. The number of nitrogens with zero attached hydrogens (tertiary/aromatic N) is 1. The predicted molar refractivity (Wildman–Crippen MR) is 95.5 cm³/mol. The third-order valence-corrected chi connectivity index (χ3v) is 4.90. The Morgan fingerprint density at radius 2 is 1.96 bits per heavy atom. The first-order valence-electron chi connectivity index (χ1n) is 9.21. The number of amides is 3. The number of piperidine rings is 1. The van der Waals surface area contributed by atoms with Gasteiger partial charge in [0, 0.05) is 17.5 Å². The van der Waals surface area contributed by atoms with Crippen molar-refractivity contribution in [3.05, 3.63) is 29.3 Å². The molecule has 1 aromatic carbocycles. The highest BCUT2D eigenvalue weighted by atomic mass is 16.5. The maximum Gasteiger partial charge on any atom is 0.255 e. The number of hydrogen-bond donors (Lipinski definition) is 2. The molecule has 0 aliphatic carbocycles. The molecule has 2 heterocycles. The lowest BCUT2D eigenvalue weighted by Gasteiger charge is -2.29. The van der Waals surface area contributed by atoms with E-state index in [1.165, 1.54) is 0 Å². The molecule has 1 fully saturated rings. The van der Waals surface area contributed by atoms with Gasteiger partial charge in [-0.15, -0.1) is 0 Å². The van der Waals surface area contributed by atoms with Crippen LogP contribution in [0, 0.1) is 0 Å². The first-order valence-corrected chi connectivity index (χ1v) is 9.21. The quantitative estimate of drug-likeness (QED) is 0.539. The topological polar surface area (TPSA) is 102 Å². The number of nitrogens with one attached hydrogen (secondary N) is 1.